The SMILES string of the molecule is CN(Cc1ccc(C#CCO)cc1)C1CCCC1. The van der Waals surface area contributed by atoms with E-state index >= 15 is 0 Å². The third-order valence-electron chi connectivity index (χ3n) is 3.65. The zero-order valence-corrected chi connectivity index (χ0v) is 11.0. The Morgan fingerprint density at radius 2 is 1.89 bits per heavy atom. The van der Waals surface area contributed by atoms with Crippen LogP contribution in [0.2, 0.25) is 0 Å². The van der Waals surface area contributed by atoms with Gasteiger partial charge in [-0.05, 0) is 37.6 Å². The standard InChI is InChI=1S/C16H21NO/c1-17(16-6-2-3-7-16)13-15-10-8-14(9-11-15)5-4-12-18/h8-11,16,18H,2-3,6-7,12-13H2,1H3. The molecule has 0 saturated heterocycles. The van der Waals surface area contributed by atoms with Gasteiger partial charge in [0.05, 0.1) is 0 Å². The minimum atomic E-state index is -0.0772. The largest absolute Gasteiger partial charge is 0.384 e. The molecule has 0 aliphatic heterocycles. The fraction of sp³-hybridized carbons (Fsp3) is 0.500. The molecule has 1 aliphatic rings. The van der Waals surface area contributed by atoms with Crippen molar-refractivity contribution in [2.75, 3.05) is 13.7 Å². The van der Waals surface area contributed by atoms with Crippen molar-refractivity contribution in [1.82, 2.24) is 4.90 Å². The summed E-state index contributed by atoms with van der Waals surface area (Å²) in [7, 11) is 2.22. The highest BCUT2D eigenvalue weighted by atomic mass is 16.2. The second-order valence-electron chi connectivity index (χ2n) is 5.01. The van der Waals surface area contributed by atoms with Crippen molar-refractivity contribution in [3.63, 3.8) is 0 Å². The van der Waals surface area contributed by atoms with Gasteiger partial charge in [-0.25, -0.2) is 0 Å². The maximum Gasteiger partial charge on any atom is 0.104 e. The Morgan fingerprint density at radius 3 is 2.50 bits per heavy atom. The summed E-state index contributed by atoms with van der Waals surface area (Å²) in [6.07, 6.45) is 5.45. The molecule has 18 heavy (non-hydrogen) atoms. The molecule has 0 spiro atoms. The molecular weight excluding hydrogens is 222 g/mol. The maximum atomic E-state index is 8.64. The first kappa shape index (κ1) is 13.1. The molecule has 1 fully saturated rings. The van der Waals surface area contributed by atoms with Crippen LogP contribution < -0.4 is 0 Å². The molecule has 0 heterocycles. The molecule has 0 atom stereocenters. The van der Waals surface area contributed by atoms with Crippen LogP contribution in [0.1, 0.15) is 36.8 Å². The maximum absolute atomic E-state index is 8.64. The first-order valence-electron chi connectivity index (χ1n) is 6.68. The van der Waals surface area contributed by atoms with Gasteiger partial charge in [0.2, 0.25) is 0 Å². The van der Waals surface area contributed by atoms with Crippen LogP contribution in [-0.4, -0.2) is 29.7 Å². The lowest BCUT2D eigenvalue weighted by Crippen LogP contribution is -2.28. The molecular formula is C16H21NO. The third-order valence-corrected chi connectivity index (χ3v) is 3.65. The zero-order valence-electron chi connectivity index (χ0n) is 11.0. The number of benzene rings is 1. The van der Waals surface area contributed by atoms with E-state index in [1.54, 1.807) is 0 Å². The lowest BCUT2D eigenvalue weighted by Gasteiger charge is -2.23. The van der Waals surface area contributed by atoms with Gasteiger partial charge in [-0.15, -0.1) is 0 Å². The third kappa shape index (κ3) is 3.60. The Morgan fingerprint density at radius 1 is 1.22 bits per heavy atom. The van der Waals surface area contributed by atoms with Crippen LogP contribution in [-0.2, 0) is 6.54 Å². The molecule has 1 saturated carbocycles. The summed E-state index contributed by atoms with van der Waals surface area (Å²) >= 11 is 0. The van der Waals surface area contributed by atoms with Crippen LogP contribution in [0.25, 0.3) is 0 Å². The van der Waals surface area contributed by atoms with Crippen molar-refractivity contribution >= 4 is 0 Å². The van der Waals surface area contributed by atoms with Gasteiger partial charge in [0, 0.05) is 18.2 Å². The lowest BCUT2D eigenvalue weighted by atomic mass is 10.1. The summed E-state index contributed by atoms with van der Waals surface area (Å²) in [5, 5.41) is 8.64. The highest BCUT2D eigenvalue weighted by Crippen LogP contribution is 2.23. The molecule has 96 valence electrons. The van der Waals surface area contributed by atoms with Crippen molar-refractivity contribution in [3.8, 4) is 11.8 Å². The quantitative estimate of drug-likeness (QED) is 0.824. The van der Waals surface area contributed by atoms with Crippen molar-refractivity contribution in [3.05, 3.63) is 35.4 Å². The van der Waals surface area contributed by atoms with E-state index in [2.05, 4.69) is 35.9 Å². The van der Waals surface area contributed by atoms with Gasteiger partial charge in [0.25, 0.3) is 0 Å². The molecule has 2 nitrogen and oxygen atoms in total. The van der Waals surface area contributed by atoms with Crippen molar-refractivity contribution in [2.45, 2.75) is 38.3 Å². The summed E-state index contributed by atoms with van der Waals surface area (Å²) in [6, 6.07) is 9.08. The monoisotopic (exact) mass is 243 g/mol. The highest BCUT2D eigenvalue weighted by Gasteiger charge is 2.19. The number of hydrogen-bond acceptors (Lipinski definition) is 2. The highest BCUT2D eigenvalue weighted by molar-refractivity contribution is 5.36. The Bertz CT molecular complexity index is 421. The van der Waals surface area contributed by atoms with E-state index in [0.717, 1.165) is 18.2 Å². The molecule has 1 N–H and O–H groups in total. The van der Waals surface area contributed by atoms with Gasteiger partial charge in [0.15, 0.2) is 0 Å². The fourth-order valence-corrected chi connectivity index (χ4v) is 2.60. The Labute approximate surface area is 110 Å². The predicted molar refractivity (Wildman–Crippen MR) is 74.1 cm³/mol. The number of aliphatic hydroxyl groups excluding tert-OH is 1. The van der Waals surface area contributed by atoms with Crippen LogP contribution in [0.3, 0.4) is 0 Å². The van der Waals surface area contributed by atoms with E-state index < -0.39 is 0 Å². The first-order chi connectivity index (χ1) is 8.79. The van der Waals surface area contributed by atoms with Crippen molar-refractivity contribution < 1.29 is 5.11 Å². The normalized spacial score (nSPS) is 15.7. The first-order valence-corrected chi connectivity index (χ1v) is 6.68. The van der Waals surface area contributed by atoms with E-state index in [9.17, 15) is 0 Å². The van der Waals surface area contributed by atoms with Gasteiger partial charge in [-0.2, -0.15) is 0 Å². The van der Waals surface area contributed by atoms with Crippen LogP contribution in [0.15, 0.2) is 24.3 Å². The van der Waals surface area contributed by atoms with Crippen molar-refractivity contribution in [1.29, 1.82) is 0 Å². The average Bonchev–Trinajstić information content (AvgIpc) is 2.92. The van der Waals surface area contributed by atoms with E-state index in [1.807, 2.05) is 12.1 Å². The molecule has 1 aliphatic carbocycles. The Hall–Kier alpha value is -1.30. The van der Waals surface area contributed by atoms with Gasteiger partial charge in [-0.3, -0.25) is 4.90 Å². The summed E-state index contributed by atoms with van der Waals surface area (Å²) in [4.78, 5) is 2.46. The topological polar surface area (TPSA) is 23.5 Å². The average molecular weight is 243 g/mol. The van der Waals surface area contributed by atoms with Gasteiger partial charge in [0.1, 0.15) is 6.61 Å². The summed E-state index contributed by atoms with van der Waals surface area (Å²) in [5.41, 5.74) is 2.30. The van der Waals surface area contributed by atoms with Gasteiger partial charge in [-0.1, -0.05) is 36.8 Å². The summed E-state index contributed by atoms with van der Waals surface area (Å²) < 4.78 is 0. The second kappa shape index (κ2) is 6.58. The number of nitrogens with zero attached hydrogens (tertiary/aromatic N) is 1. The molecule has 0 unspecified atom stereocenters. The Balaban J connectivity index is 1.93. The van der Waals surface area contributed by atoms with Crippen molar-refractivity contribution in [2.24, 2.45) is 0 Å². The molecule has 1 aromatic carbocycles. The fourth-order valence-electron chi connectivity index (χ4n) is 2.60. The predicted octanol–water partition coefficient (Wildman–Crippen LogP) is 2.40. The minimum Gasteiger partial charge on any atom is -0.384 e. The van der Waals surface area contributed by atoms with E-state index in [1.165, 1.54) is 31.2 Å². The summed E-state index contributed by atoms with van der Waals surface area (Å²) in [5.74, 6) is 5.58. The van der Waals surface area contributed by atoms with Gasteiger partial charge >= 0.3 is 0 Å². The second-order valence-corrected chi connectivity index (χ2v) is 5.01. The van der Waals surface area contributed by atoms with Crippen LogP contribution >= 0.6 is 0 Å². The molecule has 0 radical (unpaired) electrons. The number of aliphatic hydroxyl groups is 1. The van der Waals surface area contributed by atoms with E-state index in [-0.39, 0.29) is 6.61 Å². The molecule has 2 rings (SSSR count). The van der Waals surface area contributed by atoms with Crippen LogP contribution in [0, 0.1) is 11.8 Å². The number of rotatable bonds is 3. The summed E-state index contributed by atoms with van der Waals surface area (Å²) in [6.45, 7) is 0.935. The molecule has 0 bridgehead atoms. The van der Waals surface area contributed by atoms with Crippen LogP contribution in [0.4, 0.5) is 0 Å². The lowest BCUT2D eigenvalue weighted by molar-refractivity contribution is 0.237. The van der Waals surface area contributed by atoms with E-state index in [4.69, 9.17) is 5.11 Å². The van der Waals surface area contributed by atoms with Crippen LogP contribution in [0.5, 0.6) is 0 Å². The van der Waals surface area contributed by atoms with E-state index in [0.29, 0.717) is 0 Å². The molecule has 1 aromatic rings. The molecule has 0 amide bonds. The minimum absolute atomic E-state index is 0.0772. The number of hydrogen-bond donors (Lipinski definition) is 1. The molecule has 2 heteroatoms. The zero-order chi connectivity index (χ0) is 12.8. The molecule has 0 aromatic heterocycles. The van der Waals surface area contributed by atoms with Gasteiger partial charge < -0.3 is 5.11 Å². The smallest absolute Gasteiger partial charge is 0.104 e. The Kier molecular flexibility index (Phi) is 4.81.